The fraction of sp³-hybridized carbons (Fsp3) is 0.714. The Labute approximate surface area is 79.7 Å². The first-order chi connectivity index (χ1) is 5.63. The molecule has 1 saturated carbocycles. The van der Waals surface area contributed by atoms with Crippen molar-refractivity contribution in [3.63, 3.8) is 0 Å². The molecule has 0 saturated heterocycles. The number of rotatable bonds is 3. The molecule has 0 bridgehead atoms. The Kier molecular flexibility index (Phi) is 3.22. The normalized spacial score (nSPS) is 30.2. The highest BCUT2D eigenvalue weighted by molar-refractivity contribution is 9.11. The van der Waals surface area contributed by atoms with Crippen LogP contribution in [0.3, 0.4) is 0 Å². The lowest BCUT2D eigenvalue weighted by Gasteiger charge is -2.33. The van der Waals surface area contributed by atoms with E-state index in [9.17, 15) is 0 Å². The van der Waals surface area contributed by atoms with Crippen molar-refractivity contribution in [1.82, 2.24) is 5.32 Å². The zero-order valence-corrected chi connectivity index (χ0v) is 8.43. The molecule has 1 aliphatic carbocycles. The first-order valence-electron chi connectivity index (χ1n) is 3.82. The van der Waals surface area contributed by atoms with E-state index in [0.29, 0.717) is 10.6 Å². The van der Waals surface area contributed by atoms with Gasteiger partial charge in [0, 0.05) is 11.7 Å². The highest BCUT2D eigenvalue weighted by Crippen LogP contribution is 2.22. The molecule has 0 aromatic carbocycles. The van der Waals surface area contributed by atoms with Crippen molar-refractivity contribution in [2.75, 3.05) is 0 Å². The quantitative estimate of drug-likeness (QED) is 0.514. The second-order valence-electron chi connectivity index (χ2n) is 2.99. The van der Waals surface area contributed by atoms with Gasteiger partial charge in [-0.15, -0.1) is 5.11 Å². The van der Waals surface area contributed by atoms with Gasteiger partial charge in [0.2, 0.25) is 0 Å². The van der Waals surface area contributed by atoms with E-state index in [2.05, 4.69) is 26.4 Å². The van der Waals surface area contributed by atoms with Gasteiger partial charge < -0.3 is 10.4 Å². The van der Waals surface area contributed by atoms with E-state index in [-0.39, 0.29) is 6.10 Å². The number of nitrogens with one attached hydrogen (secondary N) is 2. The van der Waals surface area contributed by atoms with E-state index in [0.717, 1.165) is 18.5 Å². The van der Waals surface area contributed by atoms with E-state index in [1.54, 1.807) is 0 Å². The summed E-state index contributed by atoms with van der Waals surface area (Å²) in [7, 11) is 0. The van der Waals surface area contributed by atoms with Crippen molar-refractivity contribution in [2.24, 2.45) is 5.11 Å². The lowest BCUT2D eigenvalue weighted by molar-refractivity contribution is 0.0664. The first kappa shape index (κ1) is 9.67. The maximum Gasteiger partial charge on any atom is 0.146 e. The lowest BCUT2D eigenvalue weighted by atomic mass is 9.89. The number of aliphatic hydroxyl groups excluding tert-OH is 1. The summed E-state index contributed by atoms with van der Waals surface area (Å²) in [6, 6.07) is 0.342. The second kappa shape index (κ2) is 4.00. The predicted molar refractivity (Wildman–Crippen MR) is 48.9 cm³/mol. The molecule has 0 atom stereocenters. The van der Waals surface area contributed by atoms with Gasteiger partial charge in [-0.1, -0.05) is 0 Å². The van der Waals surface area contributed by atoms with Crippen molar-refractivity contribution < 1.29 is 5.11 Å². The van der Waals surface area contributed by atoms with E-state index >= 15 is 0 Å². The smallest absolute Gasteiger partial charge is 0.146 e. The second-order valence-corrected chi connectivity index (χ2v) is 3.75. The molecule has 0 unspecified atom stereocenters. The first-order valence-corrected chi connectivity index (χ1v) is 4.61. The molecule has 12 heavy (non-hydrogen) atoms. The van der Waals surface area contributed by atoms with Gasteiger partial charge in [-0.05, 0) is 35.7 Å². The number of hydrogen-bond acceptors (Lipinski definition) is 4. The van der Waals surface area contributed by atoms with Crippen molar-refractivity contribution in [2.45, 2.75) is 31.9 Å². The van der Waals surface area contributed by atoms with Crippen LogP contribution in [0.15, 0.2) is 15.4 Å². The molecule has 68 valence electrons. The lowest BCUT2D eigenvalue weighted by Crippen LogP contribution is -2.43. The SMILES string of the molecule is C/C(NC1CC(O)C1)=C(\Br)N=N. The van der Waals surface area contributed by atoms with Gasteiger partial charge in [-0.25, -0.2) is 5.53 Å². The summed E-state index contributed by atoms with van der Waals surface area (Å²) in [5.74, 6) is 0. The molecule has 4 nitrogen and oxygen atoms in total. The third kappa shape index (κ3) is 2.28. The molecule has 1 fully saturated rings. The van der Waals surface area contributed by atoms with Crippen LogP contribution in [-0.2, 0) is 0 Å². The standard InChI is InChI=1S/C7H12BrN3O/c1-4(7(8)11-9)10-5-2-6(12)3-5/h5-6,9-10,12H,2-3H2,1H3/b7-4-,11-9?. The summed E-state index contributed by atoms with van der Waals surface area (Å²) >= 11 is 3.14. The van der Waals surface area contributed by atoms with Gasteiger partial charge in [0.25, 0.3) is 0 Å². The van der Waals surface area contributed by atoms with Gasteiger partial charge in [0.05, 0.1) is 6.10 Å². The molecule has 3 N–H and O–H groups in total. The minimum Gasteiger partial charge on any atom is -0.393 e. The van der Waals surface area contributed by atoms with Crippen LogP contribution in [0.25, 0.3) is 0 Å². The van der Waals surface area contributed by atoms with Crippen LogP contribution < -0.4 is 5.32 Å². The van der Waals surface area contributed by atoms with Gasteiger partial charge in [-0.2, -0.15) is 0 Å². The minimum atomic E-state index is -0.151. The van der Waals surface area contributed by atoms with Crippen LogP contribution in [0.1, 0.15) is 19.8 Å². The summed E-state index contributed by atoms with van der Waals surface area (Å²) in [4.78, 5) is 0. The van der Waals surface area contributed by atoms with Gasteiger partial charge in [0.1, 0.15) is 4.61 Å². The van der Waals surface area contributed by atoms with E-state index < -0.39 is 0 Å². The van der Waals surface area contributed by atoms with Crippen LogP contribution in [0.4, 0.5) is 0 Å². The fourth-order valence-electron chi connectivity index (χ4n) is 1.16. The average Bonchev–Trinajstić information content (AvgIpc) is 2.00. The Morgan fingerprint density at radius 2 is 2.25 bits per heavy atom. The average molecular weight is 234 g/mol. The Hall–Kier alpha value is -0.420. The van der Waals surface area contributed by atoms with Crippen molar-refractivity contribution in [3.05, 3.63) is 10.3 Å². The highest BCUT2D eigenvalue weighted by Gasteiger charge is 2.26. The summed E-state index contributed by atoms with van der Waals surface area (Å²) in [5.41, 5.74) is 7.58. The molecule has 0 radical (unpaired) electrons. The molecule has 5 heteroatoms. The van der Waals surface area contributed by atoms with Crippen LogP contribution in [0.2, 0.25) is 0 Å². The fourth-order valence-corrected chi connectivity index (χ4v) is 1.27. The predicted octanol–water partition coefficient (Wildman–Crippen LogP) is 1.71. The number of aliphatic hydroxyl groups is 1. The summed E-state index contributed by atoms with van der Waals surface area (Å²) in [5, 5.41) is 15.4. The third-order valence-corrected chi connectivity index (χ3v) is 2.71. The number of nitrogens with zero attached hydrogens (tertiary/aromatic N) is 1. The van der Waals surface area contributed by atoms with Crippen LogP contribution >= 0.6 is 15.9 Å². The molecule has 0 aliphatic heterocycles. The molecule has 0 aromatic rings. The monoisotopic (exact) mass is 233 g/mol. The molecule has 0 amide bonds. The number of halogens is 1. The largest absolute Gasteiger partial charge is 0.393 e. The molecule has 0 aromatic heterocycles. The summed E-state index contributed by atoms with van der Waals surface area (Å²) in [6.45, 7) is 1.85. The van der Waals surface area contributed by atoms with Crippen molar-refractivity contribution in [3.8, 4) is 0 Å². The van der Waals surface area contributed by atoms with Crippen molar-refractivity contribution in [1.29, 1.82) is 5.53 Å². The Balaban J connectivity index is 2.36. The Morgan fingerprint density at radius 1 is 1.67 bits per heavy atom. The van der Waals surface area contributed by atoms with Crippen molar-refractivity contribution >= 4 is 15.9 Å². The molecule has 0 spiro atoms. The third-order valence-electron chi connectivity index (χ3n) is 1.94. The number of hydrogen-bond donors (Lipinski definition) is 3. The highest BCUT2D eigenvalue weighted by atomic mass is 79.9. The zero-order chi connectivity index (χ0) is 9.14. The summed E-state index contributed by atoms with van der Waals surface area (Å²) < 4.78 is 0.517. The van der Waals surface area contributed by atoms with E-state index in [4.69, 9.17) is 10.6 Å². The molecular weight excluding hydrogens is 222 g/mol. The van der Waals surface area contributed by atoms with Crippen LogP contribution in [0, 0.1) is 5.53 Å². The van der Waals surface area contributed by atoms with Gasteiger partial charge >= 0.3 is 0 Å². The molecule has 1 aliphatic rings. The Bertz CT molecular complexity index is 211. The molecule has 0 heterocycles. The topological polar surface area (TPSA) is 68.5 Å². The van der Waals surface area contributed by atoms with E-state index in [1.807, 2.05) is 6.92 Å². The maximum atomic E-state index is 9.00. The minimum absolute atomic E-state index is 0.151. The van der Waals surface area contributed by atoms with Crippen LogP contribution in [-0.4, -0.2) is 17.3 Å². The zero-order valence-electron chi connectivity index (χ0n) is 6.84. The number of allylic oxidation sites excluding steroid dienone is 1. The van der Waals surface area contributed by atoms with E-state index in [1.165, 1.54) is 0 Å². The van der Waals surface area contributed by atoms with Gasteiger partial charge in [-0.3, -0.25) is 0 Å². The van der Waals surface area contributed by atoms with Gasteiger partial charge in [0.15, 0.2) is 0 Å². The summed E-state index contributed by atoms with van der Waals surface area (Å²) in [6.07, 6.45) is 1.42. The maximum absolute atomic E-state index is 9.00. The molecule has 1 rings (SSSR count). The Morgan fingerprint density at radius 3 is 2.67 bits per heavy atom. The molecular formula is C7H12BrN3O. The van der Waals surface area contributed by atoms with Crippen LogP contribution in [0.5, 0.6) is 0 Å².